The first kappa shape index (κ1) is 8.26. The van der Waals surface area contributed by atoms with Gasteiger partial charge < -0.3 is 10.1 Å². The van der Waals surface area contributed by atoms with Crippen molar-refractivity contribution in [2.75, 3.05) is 0 Å². The topological polar surface area (TPSA) is 70.2 Å². The van der Waals surface area contributed by atoms with Crippen LogP contribution in [0.4, 0.5) is 0 Å². The minimum atomic E-state index is -1.19. The highest BCUT2D eigenvalue weighted by atomic mass is 16.4. The summed E-state index contributed by atoms with van der Waals surface area (Å²) < 4.78 is 0. The van der Waals surface area contributed by atoms with Crippen LogP contribution in [0.15, 0.2) is 29.8 Å². The maximum absolute atomic E-state index is 11.0. The summed E-state index contributed by atoms with van der Waals surface area (Å²) in [6.07, 6.45) is 2.75. The van der Waals surface area contributed by atoms with E-state index in [1.807, 2.05) is 0 Å². The van der Waals surface area contributed by atoms with E-state index in [1.54, 1.807) is 0 Å². The zero-order valence-corrected chi connectivity index (χ0v) is 6.20. The van der Waals surface area contributed by atoms with Gasteiger partial charge >= 0.3 is 5.97 Å². The first-order valence-corrected chi connectivity index (χ1v) is 3.22. The van der Waals surface area contributed by atoms with Crippen LogP contribution in [0.3, 0.4) is 0 Å². The van der Waals surface area contributed by atoms with Gasteiger partial charge in [0.05, 0.1) is 11.1 Å². The number of nitrogens with one attached hydrogen (secondary N) is 1. The van der Waals surface area contributed by atoms with E-state index in [2.05, 4.69) is 11.6 Å². The third-order valence-electron chi connectivity index (χ3n) is 1.41. The van der Waals surface area contributed by atoms with Crippen LogP contribution in [-0.2, 0) is 4.79 Å². The van der Waals surface area contributed by atoms with Gasteiger partial charge in [-0.25, -0.2) is 4.79 Å². The lowest BCUT2D eigenvalue weighted by atomic mass is 10.1. The Morgan fingerprint density at radius 1 is 1.58 bits per heavy atom. The number of carboxylic acids is 1. The Kier molecular flexibility index (Phi) is 2.09. The third kappa shape index (κ3) is 1.42. The summed E-state index contributed by atoms with van der Waals surface area (Å²) in [7, 11) is 0. The number of aromatic nitrogens is 1. The fourth-order valence-electron chi connectivity index (χ4n) is 0.767. The van der Waals surface area contributed by atoms with Crippen LogP contribution in [0.1, 0.15) is 5.56 Å². The molecule has 0 radical (unpaired) electrons. The molecule has 62 valence electrons. The van der Waals surface area contributed by atoms with Gasteiger partial charge in [0.25, 0.3) is 0 Å². The van der Waals surface area contributed by atoms with E-state index in [4.69, 9.17) is 5.11 Å². The maximum atomic E-state index is 11.0. The molecule has 2 N–H and O–H groups in total. The summed E-state index contributed by atoms with van der Waals surface area (Å²) in [5, 5.41) is 8.51. The molecule has 0 spiro atoms. The first-order chi connectivity index (χ1) is 5.63. The van der Waals surface area contributed by atoms with Gasteiger partial charge in [0.15, 0.2) is 5.43 Å². The van der Waals surface area contributed by atoms with Gasteiger partial charge in [-0.3, -0.25) is 4.79 Å². The molecule has 0 saturated heterocycles. The Morgan fingerprint density at radius 3 is 2.75 bits per heavy atom. The summed E-state index contributed by atoms with van der Waals surface area (Å²) >= 11 is 0. The summed E-state index contributed by atoms with van der Waals surface area (Å²) in [6.45, 7) is 3.27. The molecule has 4 nitrogen and oxygen atoms in total. The number of carboxylic acid groups (broad SMARTS) is 1. The second kappa shape index (κ2) is 3.04. The Labute approximate surface area is 68.2 Å². The van der Waals surface area contributed by atoms with Crippen molar-refractivity contribution in [1.82, 2.24) is 4.98 Å². The van der Waals surface area contributed by atoms with Crippen LogP contribution in [0.2, 0.25) is 0 Å². The number of aliphatic carboxylic acids is 1. The van der Waals surface area contributed by atoms with Gasteiger partial charge in [-0.1, -0.05) is 6.58 Å². The van der Waals surface area contributed by atoms with Crippen LogP contribution in [0.25, 0.3) is 5.57 Å². The number of carbonyl (C=O) groups is 1. The number of hydrogen-bond acceptors (Lipinski definition) is 2. The van der Waals surface area contributed by atoms with Crippen LogP contribution in [-0.4, -0.2) is 16.1 Å². The highest BCUT2D eigenvalue weighted by Crippen LogP contribution is 2.04. The minimum absolute atomic E-state index is 0.0880. The highest BCUT2D eigenvalue weighted by Gasteiger charge is 2.09. The largest absolute Gasteiger partial charge is 0.478 e. The van der Waals surface area contributed by atoms with Crippen LogP contribution in [0.5, 0.6) is 0 Å². The fourth-order valence-corrected chi connectivity index (χ4v) is 0.767. The number of rotatable bonds is 2. The molecular formula is C8H7NO3. The summed E-state index contributed by atoms with van der Waals surface area (Å²) in [6, 6.07) is 1.25. The van der Waals surface area contributed by atoms with Crippen molar-refractivity contribution in [3.8, 4) is 0 Å². The molecule has 1 rings (SSSR count). The first-order valence-electron chi connectivity index (χ1n) is 3.22. The Balaban J connectivity index is 3.21. The Hall–Kier alpha value is -1.84. The smallest absolute Gasteiger partial charge is 0.335 e. The lowest BCUT2D eigenvalue weighted by molar-refractivity contribution is -0.130. The second-order valence-electron chi connectivity index (χ2n) is 2.21. The number of pyridine rings is 1. The standard InChI is InChI=1S/C8H7NO3/c1-5(8(11)12)6-4-9-3-2-7(6)10/h2-4H,1H2,(H,9,10)(H,11,12). The molecule has 0 atom stereocenters. The van der Waals surface area contributed by atoms with Crippen LogP contribution >= 0.6 is 0 Å². The summed E-state index contributed by atoms with van der Waals surface area (Å²) in [5.74, 6) is -1.19. The van der Waals surface area contributed by atoms with Gasteiger partial charge in [0.2, 0.25) is 0 Å². The third-order valence-corrected chi connectivity index (χ3v) is 1.41. The molecule has 0 aromatic carbocycles. The Bertz CT molecular complexity index is 378. The van der Waals surface area contributed by atoms with Crippen molar-refractivity contribution < 1.29 is 9.90 Å². The minimum Gasteiger partial charge on any atom is -0.478 e. The quantitative estimate of drug-likeness (QED) is 0.626. The van der Waals surface area contributed by atoms with Crippen molar-refractivity contribution in [2.45, 2.75) is 0 Å². The van der Waals surface area contributed by atoms with Gasteiger partial charge in [0, 0.05) is 18.5 Å². The summed E-state index contributed by atoms with van der Waals surface area (Å²) in [5.41, 5.74) is -0.456. The average molecular weight is 165 g/mol. The van der Waals surface area contributed by atoms with E-state index in [0.29, 0.717) is 0 Å². The molecule has 0 bridgehead atoms. The normalized spacial score (nSPS) is 9.33. The number of aromatic amines is 1. The molecular weight excluding hydrogens is 158 g/mol. The van der Waals surface area contributed by atoms with E-state index >= 15 is 0 Å². The molecule has 0 saturated carbocycles. The molecule has 0 amide bonds. The van der Waals surface area contributed by atoms with Gasteiger partial charge in [0.1, 0.15) is 0 Å². The van der Waals surface area contributed by atoms with Crippen molar-refractivity contribution in [1.29, 1.82) is 0 Å². The zero-order valence-electron chi connectivity index (χ0n) is 6.20. The molecule has 0 aliphatic heterocycles. The predicted molar refractivity (Wildman–Crippen MR) is 43.7 cm³/mol. The van der Waals surface area contributed by atoms with E-state index in [1.165, 1.54) is 18.5 Å². The van der Waals surface area contributed by atoms with Crippen molar-refractivity contribution in [3.63, 3.8) is 0 Å². The maximum Gasteiger partial charge on any atom is 0.335 e. The van der Waals surface area contributed by atoms with Crippen molar-refractivity contribution in [3.05, 3.63) is 40.8 Å². The molecule has 4 heteroatoms. The van der Waals surface area contributed by atoms with Gasteiger partial charge in [-0.05, 0) is 0 Å². The van der Waals surface area contributed by atoms with E-state index < -0.39 is 5.97 Å². The fraction of sp³-hybridized carbons (Fsp3) is 0. The van der Waals surface area contributed by atoms with Crippen molar-refractivity contribution in [2.24, 2.45) is 0 Å². The molecule has 0 fully saturated rings. The number of H-pyrrole nitrogens is 1. The molecule has 0 aliphatic rings. The number of hydrogen-bond donors (Lipinski definition) is 2. The molecule has 0 aliphatic carbocycles. The van der Waals surface area contributed by atoms with Crippen LogP contribution in [0, 0.1) is 0 Å². The average Bonchev–Trinajstić information content (AvgIpc) is 2.04. The van der Waals surface area contributed by atoms with Gasteiger partial charge in [-0.15, -0.1) is 0 Å². The Morgan fingerprint density at radius 2 is 2.25 bits per heavy atom. The molecule has 1 aromatic heterocycles. The lowest BCUT2D eigenvalue weighted by Gasteiger charge is -1.96. The second-order valence-corrected chi connectivity index (χ2v) is 2.21. The molecule has 1 aromatic rings. The molecule has 0 unspecified atom stereocenters. The monoisotopic (exact) mass is 165 g/mol. The highest BCUT2D eigenvalue weighted by molar-refractivity contribution is 6.14. The SMILES string of the molecule is C=C(C(=O)O)c1c[nH]ccc1=O. The van der Waals surface area contributed by atoms with Gasteiger partial charge in [-0.2, -0.15) is 0 Å². The summed E-state index contributed by atoms with van der Waals surface area (Å²) in [4.78, 5) is 24.0. The van der Waals surface area contributed by atoms with Crippen molar-refractivity contribution >= 4 is 11.5 Å². The van der Waals surface area contributed by atoms with E-state index in [0.717, 1.165) is 0 Å². The van der Waals surface area contributed by atoms with E-state index in [-0.39, 0.29) is 16.6 Å². The lowest BCUT2D eigenvalue weighted by Crippen LogP contribution is -2.10. The molecule has 1 heterocycles. The molecule has 12 heavy (non-hydrogen) atoms. The predicted octanol–water partition coefficient (Wildman–Crippen LogP) is 0.473. The van der Waals surface area contributed by atoms with Crippen LogP contribution < -0.4 is 5.43 Å². The zero-order chi connectivity index (χ0) is 9.14. The van der Waals surface area contributed by atoms with E-state index in [9.17, 15) is 9.59 Å².